The van der Waals surface area contributed by atoms with Crippen LogP contribution >= 0.6 is 11.3 Å². The lowest BCUT2D eigenvalue weighted by atomic mass is 9.82. The number of carboxylic acid groups (broad SMARTS) is 1. The maximum Gasteiger partial charge on any atom is 0.336 e. The molecule has 0 aliphatic heterocycles. The molecule has 1 fully saturated rings. The number of thiazole rings is 1. The number of nitrogens with zero attached hydrogens (tertiary/aromatic N) is 2. The van der Waals surface area contributed by atoms with E-state index in [0.717, 1.165) is 0 Å². The number of methoxy groups -OCH3 is 1. The van der Waals surface area contributed by atoms with Crippen LogP contribution < -0.4 is 16.0 Å². The van der Waals surface area contributed by atoms with Gasteiger partial charge in [-0.05, 0) is 56.2 Å². The molecule has 2 heterocycles. The number of aromatic nitrogens is 2. The predicted octanol–water partition coefficient (Wildman–Crippen LogP) is 3.46. The quantitative estimate of drug-likeness (QED) is 0.560. The minimum Gasteiger partial charge on any atom is -0.494 e. The van der Waals surface area contributed by atoms with Gasteiger partial charge in [-0.3, -0.25) is 18.6 Å². The van der Waals surface area contributed by atoms with Crippen molar-refractivity contribution in [2.75, 3.05) is 7.11 Å². The van der Waals surface area contributed by atoms with Gasteiger partial charge in [-0.2, -0.15) is 0 Å². The van der Waals surface area contributed by atoms with Gasteiger partial charge < -0.3 is 9.84 Å². The SMILES string of the molecule is COc1ccc(CC#Cc2cn3c(=O)n(CC4CCC(C(=O)O)CC4)c(=O)c(C)c3s2)cc1F. The van der Waals surface area contributed by atoms with Crippen molar-refractivity contribution in [3.63, 3.8) is 0 Å². The molecule has 3 aromatic rings. The first-order valence-electron chi connectivity index (χ1n) is 11.1. The Balaban J connectivity index is 1.56. The van der Waals surface area contributed by atoms with E-state index >= 15 is 0 Å². The first kappa shape index (κ1) is 23.8. The van der Waals surface area contributed by atoms with Gasteiger partial charge in [0.2, 0.25) is 0 Å². The minimum absolute atomic E-state index is 0.0984. The standard InChI is InChI=1S/C25H25FN2O5S/c1-15-22(29)27(13-17-6-9-18(10-7-17)24(30)31)25(32)28-14-19(34-23(15)28)5-3-4-16-8-11-21(33-2)20(26)12-16/h8,11-12,14,17-18H,4,6-7,9-10,13H2,1-2H3,(H,30,31). The van der Waals surface area contributed by atoms with Gasteiger partial charge in [-0.25, -0.2) is 9.18 Å². The Labute approximate surface area is 199 Å². The summed E-state index contributed by atoms with van der Waals surface area (Å²) in [5, 5.41) is 9.18. The Bertz CT molecular complexity index is 1420. The Kier molecular flexibility index (Phi) is 6.89. The Morgan fingerprint density at radius 1 is 1.26 bits per heavy atom. The fourth-order valence-corrected chi connectivity index (χ4v) is 5.35. The second-order valence-corrected chi connectivity index (χ2v) is 9.63. The molecule has 0 atom stereocenters. The van der Waals surface area contributed by atoms with Crippen LogP contribution in [0.15, 0.2) is 34.0 Å². The summed E-state index contributed by atoms with van der Waals surface area (Å²) < 4.78 is 21.5. The molecular formula is C25H25FN2O5S. The molecule has 7 nitrogen and oxygen atoms in total. The summed E-state index contributed by atoms with van der Waals surface area (Å²) in [7, 11) is 1.41. The van der Waals surface area contributed by atoms with Crippen molar-refractivity contribution in [1.29, 1.82) is 0 Å². The average molecular weight is 485 g/mol. The predicted molar refractivity (Wildman–Crippen MR) is 127 cm³/mol. The topological polar surface area (TPSA) is 90.0 Å². The number of carboxylic acids is 1. The van der Waals surface area contributed by atoms with Crippen molar-refractivity contribution >= 4 is 22.1 Å². The molecule has 34 heavy (non-hydrogen) atoms. The number of hydrogen-bond donors (Lipinski definition) is 1. The van der Waals surface area contributed by atoms with Crippen LogP contribution in [0.5, 0.6) is 5.75 Å². The van der Waals surface area contributed by atoms with Gasteiger partial charge in [0, 0.05) is 24.7 Å². The van der Waals surface area contributed by atoms with E-state index in [9.17, 15) is 23.9 Å². The lowest BCUT2D eigenvalue weighted by Gasteiger charge is -2.26. The van der Waals surface area contributed by atoms with Crippen LogP contribution in [-0.4, -0.2) is 27.2 Å². The zero-order chi connectivity index (χ0) is 24.4. The van der Waals surface area contributed by atoms with E-state index in [1.54, 1.807) is 25.3 Å². The Hall–Kier alpha value is -3.38. The first-order valence-corrected chi connectivity index (χ1v) is 11.9. The number of halogens is 1. The average Bonchev–Trinajstić information content (AvgIpc) is 3.25. The lowest BCUT2D eigenvalue weighted by Crippen LogP contribution is -2.40. The summed E-state index contributed by atoms with van der Waals surface area (Å²) in [5.41, 5.74) is 0.458. The van der Waals surface area contributed by atoms with E-state index in [1.165, 1.54) is 33.5 Å². The summed E-state index contributed by atoms with van der Waals surface area (Å²) in [5.74, 6) is 4.70. The van der Waals surface area contributed by atoms with E-state index in [-0.39, 0.29) is 29.7 Å². The normalized spacial score (nSPS) is 17.9. The largest absolute Gasteiger partial charge is 0.494 e. The number of ether oxygens (including phenoxy) is 1. The molecule has 1 aliphatic rings. The van der Waals surface area contributed by atoms with Gasteiger partial charge in [-0.1, -0.05) is 17.9 Å². The third-order valence-electron chi connectivity index (χ3n) is 6.35. The van der Waals surface area contributed by atoms with Gasteiger partial charge in [-0.15, -0.1) is 11.3 Å². The molecule has 0 saturated heterocycles. The Morgan fingerprint density at radius 2 is 2.00 bits per heavy atom. The number of rotatable bonds is 5. The molecular weight excluding hydrogens is 459 g/mol. The van der Waals surface area contributed by atoms with Crippen LogP contribution in [0.25, 0.3) is 4.83 Å². The van der Waals surface area contributed by atoms with Crippen molar-refractivity contribution in [2.24, 2.45) is 11.8 Å². The van der Waals surface area contributed by atoms with Crippen molar-refractivity contribution in [1.82, 2.24) is 8.97 Å². The minimum atomic E-state index is -0.781. The highest BCUT2D eigenvalue weighted by Gasteiger charge is 2.27. The molecule has 1 aliphatic carbocycles. The molecule has 0 spiro atoms. The summed E-state index contributed by atoms with van der Waals surface area (Å²) >= 11 is 1.27. The molecule has 1 aromatic carbocycles. The zero-order valence-corrected chi connectivity index (χ0v) is 19.8. The molecule has 178 valence electrons. The second-order valence-electron chi connectivity index (χ2n) is 8.60. The first-order chi connectivity index (χ1) is 16.3. The number of fused-ring (bicyclic) bond motifs is 1. The number of aryl methyl sites for hydroxylation is 1. The third-order valence-corrected chi connectivity index (χ3v) is 7.48. The zero-order valence-electron chi connectivity index (χ0n) is 19.0. The van der Waals surface area contributed by atoms with Crippen LogP contribution in [-0.2, 0) is 17.8 Å². The Morgan fingerprint density at radius 3 is 2.65 bits per heavy atom. The van der Waals surface area contributed by atoms with Gasteiger partial charge in [0.25, 0.3) is 5.56 Å². The smallest absolute Gasteiger partial charge is 0.336 e. The van der Waals surface area contributed by atoms with E-state index in [2.05, 4.69) is 11.8 Å². The van der Waals surface area contributed by atoms with Gasteiger partial charge in [0.15, 0.2) is 11.6 Å². The van der Waals surface area contributed by atoms with Crippen LogP contribution in [0.1, 0.15) is 41.7 Å². The number of benzene rings is 1. The molecule has 0 radical (unpaired) electrons. The summed E-state index contributed by atoms with van der Waals surface area (Å²) in [6.07, 6.45) is 4.44. The van der Waals surface area contributed by atoms with Crippen LogP contribution in [0.4, 0.5) is 4.39 Å². The van der Waals surface area contributed by atoms with Crippen molar-refractivity contribution < 1.29 is 19.0 Å². The monoisotopic (exact) mass is 484 g/mol. The van der Waals surface area contributed by atoms with E-state index in [4.69, 9.17) is 4.74 Å². The van der Waals surface area contributed by atoms with Crippen molar-refractivity contribution in [2.45, 2.75) is 45.6 Å². The highest BCUT2D eigenvalue weighted by Crippen LogP contribution is 2.29. The lowest BCUT2D eigenvalue weighted by molar-refractivity contribution is -0.143. The number of carbonyl (C=O) groups is 1. The van der Waals surface area contributed by atoms with Crippen LogP contribution in [0.2, 0.25) is 0 Å². The van der Waals surface area contributed by atoms with E-state index < -0.39 is 17.5 Å². The molecule has 4 rings (SSSR count). The third kappa shape index (κ3) is 4.77. The molecule has 0 bridgehead atoms. The van der Waals surface area contributed by atoms with Gasteiger partial charge >= 0.3 is 11.7 Å². The van der Waals surface area contributed by atoms with Gasteiger partial charge in [0.05, 0.1) is 17.9 Å². The summed E-state index contributed by atoms with van der Waals surface area (Å²) in [6.45, 7) is 1.98. The van der Waals surface area contributed by atoms with Crippen molar-refractivity contribution in [3.05, 3.63) is 67.1 Å². The fraction of sp³-hybridized carbons (Fsp3) is 0.400. The molecule has 0 unspecified atom stereocenters. The summed E-state index contributed by atoms with van der Waals surface area (Å²) in [4.78, 5) is 38.4. The highest BCUT2D eigenvalue weighted by molar-refractivity contribution is 7.18. The number of aliphatic carboxylic acids is 1. The molecule has 1 saturated carbocycles. The highest BCUT2D eigenvalue weighted by atomic mass is 32.1. The van der Waals surface area contributed by atoms with Crippen LogP contribution in [0.3, 0.4) is 0 Å². The van der Waals surface area contributed by atoms with E-state index in [0.29, 0.717) is 52.9 Å². The molecule has 2 aromatic heterocycles. The maximum atomic E-state index is 13.9. The number of hydrogen-bond acceptors (Lipinski definition) is 5. The fourth-order valence-electron chi connectivity index (χ4n) is 4.39. The van der Waals surface area contributed by atoms with Crippen LogP contribution in [0, 0.1) is 36.4 Å². The van der Waals surface area contributed by atoms with Crippen molar-refractivity contribution in [3.8, 4) is 17.6 Å². The molecule has 1 N–H and O–H groups in total. The molecule has 9 heteroatoms. The van der Waals surface area contributed by atoms with E-state index in [1.807, 2.05) is 0 Å². The molecule has 0 amide bonds. The summed E-state index contributed by atoms with van der Waals surface area (Å²) in [6, 6.07) is 4.67. The maximum absolute atomic E-state index is 13.9. The second kappa shape index (κ2) is 9.85. The van der Waals surface area contributed by atoms with Gasteiger partial charge in [0.1, 0.15) is 4.83 Å².